The molecular formula is C22H38OSi2. The molecule has 0 aromatic heterocycles. The Balaban J connectivity index is 2.63. The van der Waals surface area contributed by atoms with E-state index in [1.165, 1.54) is 0 Å². The lowest BCUT2D eigenvalue weighted by molar-refractivity contribution is 0.473. The molecule has 2 aliphatic carbocycles. The Labute approximate surface area is 158 Å². The summed E-state index contributed by atoms with van der Waals surface area (Å²) >= 11 is 0. The molecule has 0 bridgehead atoms. The zero-order valence-corrected chi connectivity index (χ0v) is 19.6. The van der Waals surface area contributed by atoms with E-state index in [0.29, 0.717) is 22.2 Å². The van der Waals surface area contributed by atoms with Gasteiger partial charge in [-0.1, -0.05) is 91.8 Å². The quantitative estimate of drug-likeness (QED) is 0.402. The third-order valence-electron chi connectivity index (χ3n) is 6.21. The summed E-state index contributed by atoms with van der Waals surface area (Å²) in [4.78, 5) is 0. The van der Waals surface area contributed by atoms with E-state index >= 15 is 0 Å². The molecule has 0 aromatic rings. The van der Waals surface area contributed by atoms with Crippen molar-refractivity contribution in [3.05, 3.63) is 46.8 Å². The largest absolute Gasteiger partial charge is 0.448 e. The molecule has 25 heavy (non-hydrogen) atoms. The molecule has 0 spiro atoms. The van der Waals surface area contributed by atoms with Gasteiger partial charge >= 0.3 is 0 Å². The Hall–Kier alpha value is -0.646. The summed E-state index contributed by atoms with van der Waals surface area (Å²) in [5, 5.41) is 3.08. The average molecular weight is 375 g/mol. The fourth-order valence-electron chi connectivity index (χ4n) is 5.03. The molecule has 2 aliphatic rings. The number of hydrogen-bond acceptors (Lipinski definition) is 1. The van der Waals surface area contributed by atoms with Crippen molar-refractivity contribution in [3.8, 4) is 0 Å². The molecular weight excluding hydrogens is 336 g/mol. The Bertz CT molecular complexity index is 523. The smallest absolute Gasteiger partial charge is 0.217 e. The molecule has 0 fully saturated rings. The first-order chi connectivity index (χ1) is 11.7. The van der Waals surface area contributed by atoms with Gasteiger partial charge in [-0.3, -0.25) is 0 Å². The van der Waals surface area contributed by atoms with E-state index in [1.54, 1.807) is 10.4 Å². The second-order valence-electron chi connectivity index (χ2n) is 8.90. The standard InChI is InChI=1S/C22H38OSi2/c1-17(2)24(18(3)4,21-13-9-10-14-21)23-25(19(5)6,20(7)8)22-15-11-12-16-22/h9,11,13-20H,10,12H2,1-8H3. The fourth-order valence-corrected chi connectivity index (χ4v) is 18.9. The lowest BCUT2D eigenvalue weighted by Crippen LogP contribution is -2.59. The summed E-state index contributed by atoms with van der Waals surface area (Å²) < 4.78 is 7.68. The molecule has 0 amide bonds. The van der Waals surface area contributed by atoms with E-state index in [9.17, 15) is 0 Å². The maximum atomic E-state index is 7.68. The van der Waals surface area contributed by atoms with Crippen molar-refractivity contribution in [2.24, 2.45) is 0 Å². The van der Waals surface area contributed by atoms with Crippen molar-refractivity contribution in [2.45, 2.75) is 90.4 Å². The molecule has 0 N–H and O–H groups in total. The molecule has 0 atom stereocenters. The first-order valence-corrected chi connectivity index (χ1v) is 14.3. The predicted molar refractivity (Wildman–Crippen MR) is 117 cm³/mol. The van der Waals surface area contributed by atoms with Gasteiger partial charge in [0, 0.05) is 0 Å². The highest BCUT2D eigenvalue weighted by Gasteiger charge is 2.55. The topological polar surface area (TPSA) is 9.23 Å². The van der Waals surface area contributed by atoms with E-state index in [2.05, 4.69) is 91.8 Å². The van der Waals surface area contributed by atoms with E-state index in [4.69, 9.17) is 4.12 Å². The second kappa shape index (κ2) is 7.93. The summed E-state index contributed by atoms with van der Waals surface area (Å²) in [6, 6.07) is 0. The molecule has 0 aliphatic heterocycles. The molecule has 140 valence electrons. The fraction of sp³-hybridized carbons (Fsp3) is 0.636. The van der Waals surface area contributed by atoms with E-state index < -0.39 is 16.6 Å². The zero-order chi connectivity index (χ0) is 18.8. The predicted octanol–water partition coefficient (Wildman–Crippen LogP) is 7.39. The van der Waals surface area contributed by atoms with Gasteiger partial charge in [0.15, 0.2) is 0 Å². The minimum atomic E-state index is -2.08. The molecule has 0 saturated heterocycles. The molecule has 1 nitrogen and oxygen atoms in total. The van der Waals surface area contributed by atoms with Gasteiger partial charge < -0.3 is 4.12 Å². The van der Waals surface area contributed by atoms with Gasteiger partial charge in [0.25, 0.3) is 0 Å². The van der Waals surface area contributed by atoms with E-state index in [0.717, 1.165) is 12.8 Å². The average Bonchev–Trinajstić information content (AvgIpc) is 3.20. The van der Waals surface area contributed by atoms with Gasteiger partial charge in [-0.15, -0.1) is 0 Å². The van der Waals surface area contributed by atoms with Crippen molar-refractivity contribution in [1.82, 2.24) is 0 Å². The normalized spacial score (nSPS) is 18.2. The molecule has 0 heterocycles. The number of rotatable bonds is 8. The van der Waals surface area contributed by atoms with Crippen molar-refractivity contribution in [3.63, 3.8) is 0 Å². The summed E-state index contributed by atoms with van der Waals surface area (Å²) in [6.07, 6.45) is 16.4. The maximum absolute atomic E-state index is 7.68. The summed E-state index contributed by atoms with van der Waals surface area (Å²) in [6.45, 7) is 19.2. The van der Waals surface area contributed by atoms with Gasteiger partial charge in [0.2, 0.25) is 16.6 Å². The zero-order valence-electron chi connectivity index (χ0n) is 17.6. The van der Waals surface area contributed by atoms with Crippen LogP contribution in [0.25, 0.3) is 0 Å². The highest BCUT2D eigenvalue weighted by atomic mass is 28.4. The minimum absolute atomic E-state index is 0.580. The molecule has 0 radical (unpaired) electrons. The lowest BCUT2D eigenvalue weighted by Gasteiger charge is -2.51. The number of hydrogen-bond donors (Lipinski definition) is 0. The Morgan fingerprint density at radius 2 is 0.960 bits per heavy atom. The monoisotopic (exact) mass is 374 g/mol. The lowest BCUT2D eigenvalue weighted by atomic mass is 10.5. The second-order valence-corrected chi connectivity index (χ2v) is 18.7. The molecule has 0 saturated carbocycles. The minimum Gasteiger partial charge on any atom is -0.448 e. The highest BCUT2D eigenvalue weighted by Crippen LogP contribution is 2.50. The molecule has 2 rings (SSSR count). The first-order valence-electron chi connectivity index (χ1n) is 10.1. The van der Waals surface area contributed by atoms with Crippen LogP contribution in [-0.4, -0.2) is 16.6 Å². The van der Waals surface area contributed by atoms with Crippen LogP contribution in [0.15, 0.2) is 46.8 Å². The van der Waals surface area contributed by atoms with Crippen LogP contribution in [0.3, 0.4) is 0 Å². The van der Waals surface area contributed by atoms with Crippen LogP contribution in [0.1, 0.15) is 68.2 Å². The van der Waals surface area contributed by atoms with Gasteiger partial charge in [-0.2, -0.15) is 0 Å². The van der Waals surface area contributed by atoms with Crippen molar-refractivity contribution in [2.75, 3.05) is 0 Å². The summed E-state index contributed by atoms with van der Waals surface area (Å²) in [7, 11) is -4.17. The van der Waals surface area contributed by atoms with Gasteiger partial charge in [-0.25, -0.2) is 0 Å². The van der Waals surface area contributed by atoms with E-state index in [-0.39, 0.29) is 0 Å². The Morgan fingerprint density at radius 3 is 1.16 bits per heavy atom. The first kappa shape index (κ1) is 20.7. The molecule has 0 aromatic carbocycles. The Morgan fingerprint density at radius 1 is 0.640 bits per heavy atom. The third-order valence-corrected chi connectivity index (χ3v) is 18.3. The van der Waals surface area contributed by atoms with Crippen molar-refractivity contribution >= 4 is 16.6 Å². The highest BCUT2D eigenvalue weighted by molar-refractivity contribution is 6.96. The van der Waals surface area contributed by atoms with Crippen LogP contribution in [0, 0.1) is 0 Å². The van der Waals surface area contributed by atoms with Crippen LogP contribution >= 0.6 is 0 Å². The van der Waals surface area contributed by atoms with Crippen LogP contribution in [0.5, 0.6) is 0 Å². The van der Waals surface area contributed by atoms with Crippen LogP contribution < -0.4 is 0 Å². The van der Waals surface area contributed by atoms with E-state index in [1.807, 2.05) is 0 Å². The summed E-state index contributed by atoms with van der Waals surface area (Å²) in [5.74, 6) is 0. The van der Waals surface area contributed by atoms with Crippen LogP contribution in [0.4, 0.5) is 0 Å². The maximum Gasteiger partial charge on any atom is 0.217 e. The van der Waals surface area contributed by atoms with Gasteiger partial charge in [0.05, 0.1) is 0 Å². The van der Waals surface area contributed by atoms with Gasteiger partial charge in [-0.05, 0) is 45.4 Å². The molecule has 3 heteroatoms. The van der Waals surface area contributed by atoms with Crippen LogP contribution in [0.2, 0.25) is 22.2 Å². The summed E-state index contributed by atoms with van der Waals surface area (Å²) in [5.41, 5.74) is 2.32. The van der Waals surface area contributed by atoms with Crippen molar-refractivity contribution in [1.29, 1.82) is 0 Å². The number of allylic oxidation sites excluding steroid dienone is 8. The third kappa shape index (κ3) is 3.48. The van der Waals surface area contributed by atoms with Crippen molar-refractivity contribution < 1.29 is 4.12 Å². The molecule has 0 unspecified atom stereocenters. The SMILES string of the molecule is CC(C)[Si](O[Si](C1=CCC=C1)(C(C)C)C(C)C)(C1=CCC=C1)C(C)C. The Kier molecular flexibility index (Phi) is 6.56. The van der Waals surface area contributed by atoms with Gasteiger partial charge in [0.1, 0.15) is 0 Å². The van der Waals surface area contributed by atoms with Crippen LogP contribution in [-0.2, 0) is 4.12 Å².